The molecule has 0 unspecified atom stereocenters. The van der Waals surface area contributed by atoms with Gasteiger partial charge in [-0.25, -0.2) is 4.79 Å². The monoisotopic (exact) mass is 413 g/mol. The fourth-order valence-corrected chi connectivity index (χ4v) is 3.35. The molecular formula is C22H27N3O5. The van der Waals surface area contributed by atoms with Crippen molar-refractivity contribution in [1.29, 1.82) is 0 Å². The molecule has 30 heavy (non-hydrogen) atoms. The van der Waals surface area contributed by atoms with Crippen molar-refractivity contribution in [3.8, 4) is 17.2 Å². The van der Waals surface area contributed by atoms with E-state index in [2.05, 4.69) is 10.6 Å². The molecule has 1 fully saturated rings. The predicted octanol–water partition coefficient (Wildman–Crippen LogP) is 2.71. The number of anilines is 1. The third-order valence-corrected chi connectivity index (χ3v) is 4.81. The Labute approximate surface area is 176 Å². The average molecular weight is 413 g/mol. The minimum absolute atomic E-state index is 0.0370. The highest BCUT2D eigenvalue weighted by molar-refractivity contribution is 5.97. The van der Waals surface area contributed by atoms with Gasteiger partial charge in [-0.1, -0.05) is 12.1 Å². The van der Waals surface area contributed by atoms with E-state index in [4.69, 9.17) is 14.2 Å². The molecule has 2 aromatic rings. The maximum absolute atomic E-state index is 12.4. The van der Waals surface area contributed by atoms with Crippen molar-refractivity contribution in [2.45, 2.75) is 25.9 Å². The van der Waals surface area contributed by atoms with Crippen LogP contribution in [0.2, 0.25) is 0 Å². The Morgan fingerprint density at radius 3 is 2.70 bits per heavy atom. The van der Waals surface area contributed by atoms with Gasteiger partial charge in [0, 0.05) is 31.3 Å². The fourth-order valence-electron chi connectivity index (χ4n) is 3.35. The topological polar surface area (TPSA) is 89.1 Å². The van der Waals surface area contributed by atoms with Crippen LogP contribution in [-0.4, -0.2) is 45.4 Å². The van der Waals surface area contributed by atoms with Crippen LogP contribution in [0, 0.1) is 0 Å². The highest BCUT2D eigenvalue weighted by Crippen LogP contribution is 2.28. The summed E-state index contributed by atoms with van der Waals surface area (Å²) < 4.78 is 16.0. The van der Waals surface area contributed by atoms with Crippen molar-refractivity contribution in [2.75, 3.05) is 32.3 Å². The molecule has 160 valence electrons. The molecule has 1 atom stereocenters. The van der Waals surface area contributed by atoms with Crippen LogP contribution >= 0.6 is 0 Å². The summed E-state index contributed by atoms with van der Waals surface area (Å²) in [6.07, 6.45) is 0.252. The minimum Gasteiger partial charge on any atom is -0.497 e. The summed E-state index contributed by atoms with van der Waals surface area (Å²) in [4.78, 5) is 26.4. The number of amides is 3. The second kappa shape index (κ2) is 9.87. The molecule has 1 heterocycles. The first-order valence-corrected chi connectivity index (χ1v) is 9.82. The molecule has 2 N–H and O–H groups in total. The number of ether oxygens (including phenoxy) is 3. The molecule has 1 aliphatic heterocycles. The lowest BCUT2D eigenvalue weighted by atomic mass is 10.2. The molecule has 3 amide bonds. The van der Waals surface area contributed by atoms with Gasteiger partial charge >= 0.3 is 6.03 Å². The molecule has 1 aliphatic rings. The lowest BCUT2D eigenvalue weighted by Gasteiger charge is -2.18. The van der Waals surface area contributed by atoms with E-state index in [-0.39, 0.29) is 24.4 Å². The van der Waals surface area contributed by atoms with Gasteiger partial charge in [0.1, 0.15) is 5.75 Å². The van der Waals surface area contributed by atoms with Crippen LogP contribution in [0.1, 0.15) is 18.9 Å². The lowest BCUT2D eigenvalue weighted by Crippen LogP contribution is -2.43. The Kier molecular flexibility index (Phi) is 7.00. The summed E-state index contributed by atoms with van der Waals surface area (Å²) in [6, 6.07) is 12.2. The number of methoxy groups -OCH3 is 2. The number of urea groups is 1. The van der Waals surface area contributed by atoms with E-state index >= 15 is 0 Å². The Hall–Kier alpha value is -3.42. The molecule has 0 aliphatic carbocycles. The first kappa shape index (κ1) is 21.3. The number of carbonyl (C=O) groups is 2. The number of nitrogens with zero attached hydrogens (tertiary/aromatic N) is 1. The Balaban J connectivity index is 1.54. The van der Waals surface area contributed by atoms with Crippen LogP contribution < -0.4 is 29.7 Å². The Morgan fingerprint density at radius 2 is 1.97 bits per heavy atom. The molecule has 0 spiro atoms. The number of hydrogen-bond donors (Lipinski definition) is 2. The first-order chi connectivity index (χ1) is 14.5. The van der Waals surface area contributed by atoms with Gasteiger partial charge < -0.3 is 29.7 Å². The second-order valence-corrected chi connectivity index (χ2v) is 6.85. The van der Waals surface area contributed by atoms with Gasteiger partial charge in [-0.05, 0) is 36.8 Å². The van der Waals surface area contributed by atoms with Crippen LogP contribution in [0.3, 0.4) is 0 Å². The van der Waals surface area contributed by atoms with Gasteiger partial charge in [0.25, 0.3) is 0 Å². The summed E-state index contributed by atoms with van der Waals surface area (Å²) in [5.41, 5.74) is 1.64. The molecule has 2 aromatic carbocycles. The van der Waals surface area contributed by atoms with E-state index in [1.54, 1.807) is 25.2 Å². The minimum atomic E-state index is -0.325. The van der Waals surface area contributed by atoms with E-state index in [1.165, 1.54) is 0 Å². The normalized spacial score (nSPS) is 15.6. The largest absolute Gasteiger partial charge is 0.497 e. The summed E-state index contributed by atoms with van der Waals surface area (Å²) in [5, 5.41) is 5.69. The zero-order chi connectivity index (χ0) is 21.5. The quantitative estimate of drug-likeness (QED) is 0.695. The van der Waals surface area contributed by atoms with Crippen molar-refractivity contribution in [2.24, 2.45) is 0 Å². The van der Waals surface area contributed by atoms with E-state index in [0.717, 1.165) is 11.3 Å². The van der Waals surface area contributed by atoms with Crippen molar-refractivity contribution in [3.63, 3.8) is 0 Å². The van der Waals surface area contributed by atoms with E-state index in [9.17, 15) is 9.59 Å². The van der Waals surface area contributed by atoms with Gasteiger partial charge in [0.15, 0.2) is 11.5 Å². The highest BCUT2D eigenvalue weighted by Gasteiger charge is 2.31. The third-order valence-electron chi connectivity index (χ3n) is 4.81. The molecule has 0 aromatic heterocycles. The van der Waals surface area contributed by atoms with Crippen LogP contribution in [0.25, 0.3) is 0 Å². The number of carbonyl (C=O) groups excluding carboxylic acids is 2. The zero-order valence-corrected chi connectivity index (χ0v) is 17.4. The summed E-state index contributed by atoms with van der Waals surface area (Å²) in [5.74, 6) is 1.92. The van der Waals surface area contributed by atoms with Gasteiger partial charge in [-0.2, -0.15) is 0 Å². The molecular weight excluding hydrogens is 386 g/mol. The van der Waals surface area contributed by atoms with Crippen molar-refractivity contribution in [1.82, 2.24) is 10.6 Å². The smallest absolute Gasteiger partial charge is 0.315 e. The summed E-state index contributed by atoms with van der Waals surface area (Å²) in [6.45, 7) is 3.16. The van der Waals surface area contributed by atoms with Crippen LogP contribution in [-0.2, 0) is 11.3 Å². The Morgan fingerprint density at radius 1 is 1.13 bits per heavy atom. The SMILES string of the molecule is CCOc1cc(CNC(=O)N[C@H]2CC(=O)N(c3cccc(OC)c3)C2)ccc1OC. The van der Waals surface area contributed by atoms with Gasteiger partial charge in [-0.3, -0.25) is 4.79 Å². The van der Waals surface area contributed by atoms with E-state index in [1.807, 2.05) is 43.3 Å². The molecule has 0 saturated carbocycles. The number of hydrogen-bond acceptors (Lipinski definition) is 5. The maximum Gasteiger partial charge on any atom is 0.315 e. The lowest BCUT2D eigenvalue weighted by molar-refractivity contribution is -0.117. The van der Waals surface area contributed by atoms with Crippen molar-refractivity contribution >= 4 is 17.6 Å². The van der Waals surface area contributed by atoms with Crippen LogP contribution in [0.4, 0.5) is 10.5 Å². The third kappa shape index (κ3) is 5.14. The van der Waals surface area contributed by atoms with Crippen molar-refractivity contribution in [3.05, 3.63) is 48.0 Å². The summed E-state index contributed by atoms with van der Waals surface area (Å²) in [7, 11) is 3.17. The summed E-state index contributed by atoms with van der Waals surface area (Å²) >= 11 is 0. The maximum atomic E-state index is 12.4. The first-order valence-electron chi connectivity index (χ1n) is 9.82. The molecule has 8 heteroatoms. The fraction of sp³-hybridized carbons (Fsp3) is 0.364. The zero-order valence-electron chi connectivity index (χ0n) is 17.4. The van der Waals surface area contributed by atoms with E-state index in [0.29, 0.717) is 36.9 Å². The van der Waals surface area contributed by atoms with Gasteiger partial charge in [0.05, 0.1) is 26.9 Å². The van der Waals surface area contributed by atoms with Gasteiger partial charge in [0.2, 0.25) is 5.91 Å². The van der Waals surface area contributed by atoms with Crippen LogP contribution in [0.5, 0.6) is 17.2 Å². The van der Waals surface area contributed by atoms with Crippen LogP contribution in [0.15, 0.2) is 42.5 Å². The second-order valence-electron chi connectivity index (χ2n) is 6.85. The Bertz CT molecular complexity index is 902. The highest BCUT2D eigenvalue weighted by atomic mass is 16.5. The molecule has 8 nitrogen and oxygen atoms in total. The average Bonchev–Trinajstić information content (AvgIpc) is 3.12. The molecule has 0 bridgehead atoms. The molecule has 3 rings (SSSR count). The standard InChI is InChI=1S/C22H27N3O5/c1-4-30-20-10-15(8-9-19(20)29-3)13-23-22(27)24-16-11-21(26)25(14-16)17-6-5-7-18(12-17)28-2/h5-10,12,16H,4,11,13-14H2,1-3H3,(H2,23,24,27)/t16-/m0/s1. The number of benzene rings is 2. The van der Waals surface area contributed by atoms with Gasteiger partial charge in [-0.15, -0.1) is 0 Å². The number of rotatable bonds is 8. The molecule has 0 radical (unpaired) electrons. The van der Waals surface area contributed by atoms with Crippen molar-refractivity contribution < 1.29 is 23.8 Å². The number of nitrogens with one attached hydrogen (secondary N) is 2. The molecule has 1 saturated heterocycles. The predicted molar refractivity (Wildman–Crippen MR) is 113 cm³/mol. The van der Waals surface area contributed by atoms with E-state index < -0.39 is 0 Å².